The predicted molar refractivity (Wildman–Crippen MR) is 107 cm³/mol. The van der Waals surface area contributed by atoms with Crippen molar-refractivity contribution in [2.45, 2.75) is 27.3 Å². The molecule has 152 valence electrons. The Morgan fingerprint density at radius 2 is 1.55 bits per heavy atom. The van der Waals surface area contributed by atoms with Crippen molar-refractivity contribution in [3.63, 3.8) is 0 Å². The number of imide groups is 1. The van der Waals surface area contributed by atoms with Crippen LogP contribution in [0.15, 0.2) is 18.2 Å². The van der Waals surface area contributed by atoms with Crippen LogP contribution >= 0.6 is 23.2 Å². The van der Waals surface area contributed by atoms with Gasteiger partial charge < -0.3 is 9.30 Å². The normalized spacial score (nSPS) is 13.1. The van der Waals surface area contributed by atoms with Gasteiger partial charge in [0.05, 0.1) is 21.2 Å². The van der Waals surface area contributed by atoms with Gasteiger partial charge in [0.2, 0.25) is 5.78 Å². The Morgan fingerprint density at radius 3 is 2.03 bits per heavy atom. The number of rotatable bonds is 6. The number of benzene rings is 1. The lowest BCUT2D eigenvalue weighted by molar-refractivity contribution is -0.142. The van der Waals surface area contributed by atoms with Crippen molar-refractivity contribution in [1.29, 1.82) is 0 Å². The molecule has 0 spiro atoms. The predicted octanol–water partition coefficient (Wildman–Crippen LogP) is 3.45. The van der Waals surface area contributed by atoms with E-state index in [4.69, 9.17) is 27.9 Å². The quantitative estimate of drug-likeness (QED) is 0.393. The number of carbonyl (C=O) groups is 4. The van der Waals surface area contributed by atoms with E-state index in [0.29, 0.717) is 5.56 Å². The minimum atomic E-state index is -0.866. The molecule has 7 nitrogen and oxygen atoms in total. The van der Waals surface area contributed by atoms with E-state index in [1.807, 2.05) is 25.3 Å². The number of ether oxygens (including phenoxy) is 1. The van der Waals surface area contributed by atoms with E-state index in [1.165, 1.54) is 12.1 Å². The largest absolute Gasteiger partial charge is 0.456 e. The second-order valence-electron chi connectivity index (χ2n) is 6.62. The lowest BCUT2D eigenvalue weighted by atomic mass is 10.1. The average molecular weight is 437 g/mol. The van der Waals surface area contributed by atoms with Crippen LogP contribution in [-0.4, -0.2) is 46.2 Å². The second-order valence-corrected chi connectivity index (χ2v) is 7.44. The van der Waals surface area contributed by atoms with Crippen LogP contribution in [0.2, 0.25) is 10.0 Å². The molecule has 2 amide bonds. The van der Waals surface area contributed by atoms with Crippen LogP contribution in [0.25, 0.3) is 0 Å². The van der Waals surface area contributed by atoms with Crippen LogP contribution < -0.4 is 0 Å². The third-order valence-electron chi connectivity index (χ3n) is 4.85. The summed E-state index contributed by atoms with van der Waals surface area (Å²) in [6.07, 6.45) is 0. The van der Waals surface area contributed by atoms with Crippen LogP contribution in [0.4, 0.5) is 0 Å². The Labute approximate surface area is 177 Å². The molecule has 0 saturated heterocycles. The Kier molecular flexibility index (Phi) is 5.82. The van der Waals surface area contributed by atoms with E-state index < -0.39 is 30.9 Å². The summed E-state index contributed by atoms with van der Waals surface area (Å²) in [5.74, 6) is -2.56. The van der Waals surface area contributed by atoms with Gasteiger partial charge in [-0.15, -0.1) is 0 Å². The fourth-order valence-corrected chi connectivity index (χ4v) is 3.72. The third-order valence-corrected chi connectivity index (χ3v) is 5.58. The summed E-state index contributed by atoms with van der Waals surface area (Å²) in [7, 11) is 0. The lowest BCUT2D eigenvalue weighted by Gasteiger charge is -2.12. The van der Waals surface area contributed by atoms with E-state index >= 15 is 0 Å². The Hall–Kier alpha value is -2.64. The molecular formula is C20H18Cl2N2O5. The fourth-order valence-electron chi connectivity index (χ4n) is 3.40. The molecule has 1 aliphatic rings. The number of Topliss-reactive ketones (excluding diaryl/α,β-unsaturated/α-hetero) is 1. The zero-order valence-electron chi connectivity index (χ0n) is 16.0. The summed E-state index contributed by atoms with van der Waals surface area (Å²) in [4.78, 5) is 50.1. The van der Waals surface area contributed by atoms with E-state index in [-0.39, 0.29) is 27.0 Å². The van der Waals surface area contributed by atoms with E-state index in [2.05, 4.69) is 0 Å². The van der Waals surface area contributed by atoms with Gasteiger partial charge in [-0.25, -0.2) is 0 Å². The molecule has 1 aromatic carbocycles. The van der Waals surface area contributed by atoms with Gasteiger partial charge in [-0.3, -0.25) is 24.1 Å². The number of halogens is 2. The minimum absolute atomic E-state index is 0.0697. The van der Waals surface area contributed by atoms with Crippen LogP contribution in [-0.2, 0) is 16.1 Å². The fraction of sp³-hybridized carbons (Fsp3) is 0.300. The molecule has 0 unspecified atom stereocenters. The van der Waals surface area contributed by atoms with E-state index in [9.17, 15) is 19.2 Å². The molecule has 2 aromatic rings. The second kappa shape index (κ2) is 8.00. The molecule has 2 heterocycles. The monoisotopic (exact) mass is 436 g/mol. The van der Waals surface area contributed by atoms with Crippen LogP contribution in [0.5, 0.6) is 0 Å². The van der Waals surface area contributed by atoms with Gasteiger partial charge >= 0.3 is 5.97 Å². The third kappa shape index (κ3) is 3.80. The number of carbonyl (C=O) groups excluding carboxylic acids is 4. The summed E-state index contributed by atoms with van der Waals surface area (Å²) in [5, 5.41) is 0.262. The first-order chi connectivity index (χ1) is 13.6. The molecular weight excluding hydrogens is 419 g/mol. The van der Waals surface area contributed by atoms with E-state index in [1.54, 1.807) is 6.07 Å². The SMILES string of the molecule is CCn1c(C)cc(C(=O)COC(=O)CN2C(=O)c3cc(Cl)c(Cl)cc3C2=O)c1C. The molecule has 29 heavy (non-hydrogen) atoms. The molecule has 3 rings (SSSR count). The van der Waals surface area contributed by atoms with E-state index in [0.717, 1.165) is 22.8 Å². The molecule has 1 aliphatic heterocycles. The Bertz CT molecular complexity index is 1020. The number of hydrogen-bond acceptors (Lipinski definition) is 5. The minimum Gasteiger partial charge on any atom is -0.456 e. The molecule has 0 fully saturated rings. The Morgan fingerprint density at radius 1 is 1.00 bits per heavy atom. The smallest absolute Gasteiger partial charge is 0.326 e. The highest BCUT2D eigenvalue weighted by Crippen LogP contribution is 2.31. The number of aromatic nitrogens is 1. The van der Waals surface area contributed by atoms with Crippen molar-refractivity contribution < 1.29 is 23.9 Å². The van der Waals surface area contributed by atoms with Crippen LogP contribution in [0, 0.1) is 13.8 Å². The van der Waals surface area contributed by atoms with Gasteiger partial charge in [0.25, 0.3) is 11.8 Å². The topological polar surface area (TPSA) is 85.7 Å². The summed E-state index contributed by atoms with van der Waals surface area (Å²) in [6.45, 7) is 5.31. The van der Waals surface area contributed by atoms with Crippen molar-refractivity contribution in [2.24, 2.45) is 0 Å². The number of esters is 1. The summed E-state index contributed by atoms with van der Waals surface area (Å²) < 4.78 is 6.98. The highest BCUT2D eigenvalue weighted by molar-refractivity contribution is 6.43. The van der Waals surface area contributed by atoms with Crippen LogP contribution in [0.3, 0.4) is 0 Å². The number of aryl methyl sites for hydroxylation is 1. The van der Waals surface area contributed by atoms with Crippen molar-refractivity contribution >= 4 is 46.8 Å². The van der Waals surface area contributed by atoms with Gasteiger partial charge in [-0.05, 0) is 39.0 Å². The number of fused-ring (bicyclic) bond motifs is 1. The molecule has 0 aliphatic carbocycles. The molecule has 1 aromatic heterocycles. The van der Waals surface area contributed by atoms with Gasteiger partial charge in [-0.1, -0.05) is 23.2 Å². The molecule has 0 bridgehead atoms. The lowest BCUT2D eigenvalue weighted by Crippen LogP contribution is -2.36. The molecule has 0 atom stereocenters. The van der Waals surface area contributed by atoms with Crippen LogP contribution in [0.1, 0.15) is 49.4 Å². The van der Waals surface area contributed by atoms with Gasteiger partial charge in [0.15, 0.2) is 6.61 Å². The maximum absolute atomic E-state index is 12.4. The maximum Gasteiger partial charge on any atom is 0.326 e. The zero-order chi connectivity index (χ0) is 21.5. The average Bonchev–Trinajstić information content (AvgIpc) is 3.08. The number of amides is 2. The summed E-state index contributed by atoms with van der Waals surface area (Å²) in [6, 6.07) is 4.32. The number of hydrogen-bond donors (Lipinski definition) is 0. The van der Waals surface area contributed by atoms with Gasteiger partial charge in [0.1, 0.15) is 6.54 Å². The maximum atomic E-state index is 12.4. The first-order valence-corrected chi connectivity index (χ1v) is 9.62. The molecule has 0 N–H and O–H groups in total. The standard InChI is InChI=1S/C20H18Cl2N2O5/c1-4-23-10(2)5-12(11(23)3)17(25)9-29-18(26)8-24-19(27)13-6-15(21)16(22)7-14(13)20(24)28/h5-7H,4,8-9H2,1-3H3. The first-order valence-electron chi connectivity index (χ1n) is 8.86. The van der Waals surface area contributed by atoms with Gasteiger partial charge in [0, 0.05) is 23.5 Å². The van der Waals surface area contributed by atoms with Crippen molar-refractivity contribution in [3.05, 3.63) is 56.3 Å². The number of ketones is 1. The highest BCUT2D eigenvalue weighted by Gasteiger charge is 2.37. The molecule has 0 radical (unpaired) electrons. The number of nitrogens with zero attached hydrogens (tertiary/aromatic N) is 2. The van der Waals surface area contributed by atoms with Gasteiger partial charge in [-0.2, -0.15) is 0 Å². The zero-order valence-corrected chi connectivity index (χ0v) is 17.6. The molecule has 0 saturated carbocycles. The summed E-state index contributed by atoms with van der Waals surface area (Å²) >= 11 is 11.8. The Balaban J connectivity index is 1.65. The highest BCUT2D eigenvalue weighted by atomic mass is 35.5. The van der Waals surface area contributed by atoms with Crippen molar-refractivity contribution in [1.82, 2.24) is 9.47 Å². The molecule has 9 heteroatoms. The first kappa shape index (κ1) is 21.1. The summed E-state index contributed by atoms with van der Waals surface area (Å²) in [5.41, 5.74) is 2.34. The van der Waals surface area contributed by atoms with Crippen molar-refractivity contribution in [3.8, 4) is 0 Å². The van der Waals surface area contributed by atoms with Crippen molar-refractivity contribution in [2.75, 3.05) is 13.2 Å².